The minimum absolute atomic E-state index is 0.0531. The van der Waals surface area contributed by atoms with E-state index in [2.05, 4.69) is 10.3 Å². The van der Waals surface area contributed by atoms with Gasteiger partial charge in [-0.15, -0.1) is 0 Å². The number of aromatic nitrogens is 1. The normalized spacial score (nSPS) is 11.0. The highest BCUT2D eigenvalue weighted by Crippen LogP contribution is 2.12. The van der Waals surface area contributed by atoms with Crippen molar-refractivity contribution in [2.45, 2.75) is 24.3 Å². The molecule has 0 saturated heterocycles. The number of carbonyl (C=O) groups excluding carboxylic acids is 2. The Kier molecular flexibility index (Phi) is 7.69. The summed E-state index contributed by atoms with van der Waals surface area (Å²) in [5, 5.41) is 11.8. The fraction of sp³-hybridized carbons (Fsp3) is 0.174. The van der Waals surface area contributed by atoms with Crippen molar-refractivity contribution in [3.8, 4) is 0 Å². The molecule has 166 valence electrons. The van der Waals surface area contributed by atoms with Crippen molar-refractivity contribution >= 4 is 21.8 Å². The Morgan fingerprint density at radius 3 is 2.25 bits per heavy atom. The average molecular weight is 454 g/mol. The van der Waals surface area contributed by atoms with Gasteiger partial charge in [0, 0.05) is 12.7 Å². The third kappa shape index (κ3) is 6.47. The van der Waals surface area contributed by atoms with Gasteiger partial charge in [0.1, 0.15) is 0 Å². The van der Waals surface area contributed by atoms with Crippen LogP contribution in [0.15, 0.2) is 77.8 Å². The van der Waals surface area contributed by atoms with E-state index in [4.69, 9.17) is 5.11 Å². The number of aliphatic hydroxyl groups is 1. The molecule has 0 bridgehead atoms. The lowest BCUT2D eigenvalue weighted by atomic mass is 10.1. The number of nitrogens with one attached hydrogen (secondary N) is 2. The summed E-state index contributed by atoms with van der Waals surface area (Å²) >= 11 is 0. The van der Waals surface area contributed by atoms with Gasteiger partial charge >= 0.3 is 0 Å². The summed E-state index contributed by atoms with van der Waals surface area (Å²) in [6, 6.07) is 18.3. The monoisotopic (exact) mass is 453 g/mol. The number of sulfonamides is 1. The molecule has 0 atom stereocenters. The Labute approximate surface area is 186 Å². The van der Waals surface area contributed by atoms with Crippen LogP contribution in [0, 0.1) is 0 Å². The number of aliphatic hydroxyl groups excluding tert-OH is 1. The summed E-state index contributed by atoms with van der Waals surface area (Å²) in [7, 11) is -4.06. The summed E-state index contributed by atoms with van der Waals surface area (Å²) in [6.45, 7) is 0.147. The van der Waals surface area contributed by atoms with Crippen molar-refractivity contribution in [1.29, 1.82) is 0 Å². The quantitative estimate of drug-likeness (QED) is 0.452. The van der Waals surface area contributed by atoms with Crippen molar-refractivity contribution < 1.29 is 23.1 Å². The summed E-state index contributed by atoms with van der Waals surface area (Å²) in [4.78, 5) is 28.0. The minimum Gasteiger partial charge on any atom is -0.390 e. The first-order valence-corrected chi connectivity index (χ1v) is 11.4. The second-order valence-electron chi connectivity index (χ2n) is 7.04. The van der Waals surface area contributed by atoms with Crippen LogP contribution in [-0.4, -0.2) is 36.9 Å². The van der Waals surface area contributed by atoms with E-state index in [0.29, 0.717) is 25.1 Å². The minimum atomic E-state index is -4.06. The number of pyridine rings is 1. The molecule has 8 nitrogen and oxygen atoms in total. The van der Waals surface area contributed by atoms with E-state index in [1.54, 1.807) is 12.1 Å². The Morgan fingerprint density at radius 1 is 0.906 bits per heavy atom. The van der Waals surface area contributed by atoms with E-state index in [-0.39, 0.29) is 23.0 Å². The van der Waals surface area contributed by atoms with Gasteiger partial charge in [-0.05, 0) is 41.8 Å². The summed E-state index contributed by atoms with van der Waals surface area (Å²) in [6.07, 6.45) is 2.04. The topological polar surface area (TPSA) is 125 Å². The predicted molar refractivity (Wildman–Crippen MR) is 118 cm³/mol. The first-order valence-electron chi connectivity index (χ1n) is 9.90. The fourth-order valence-electron chi connectivity index (χ4n) is 2.92. The van der Waals surface area contributed by atoms with Gasteiger partial charge in [0.05, 0.1) is 29.2 Å². The van der Waals surface area contributed by atoms with Crippen LogP contribution < -0.4 is 10.0 Å². The molecular formula is C23H23N3O5S. The van der Waals surface area contributed by atoms with Crippen molar-refractivity contribution in [3.05, 3.63) is 95.3 Å². The van der Waals surface area contributed by atoms with Gasteiger partial charge in [0.25, 0.3) is 15.9 Å². The van der Waals surface area contributed by atoms with Crippen molar-refractivity contribution in [3.63, 3.8) is 0 Å². The Hall–Kier alpha value is -3.56. The van der Waals surface area contributed by atoms with Crippen LogP contribution in [-0.2, 0) is 34.3 Å². The SMILES string of the molecule is O=C(Cc1ccccc1)NCCc1ccc(S(=O)(=O)NC(=O)c2ccc(CO)nc2)cc1. The molecule has 0 fully saturated rings. The molecule has 0 aliphatic heterocycles. The molecule has 3 aromatic rings. The van der Waals surface area contributed by atoms with Gasteiger partial charge in [-0.1, -0.05) is 42.5 Å². The number of benzene rings is 2. The third-order valence-electron chi connectivity index (χ3n) is 4.65. The number of hydrogen-bond donors (Lipinski definition) is 3. The van der Waals surface area contributed by atoms with Gasteiger partial charge in [0.2, 0.25) is 5.91 Å². The highest BCUT2D eigenvalue weighted by atomic mass is 32.2. The lowest BCUT2D eigenvalue weighted by Gasteiger charge is -2.09. The molecule has 2 amide bonds. The molecule has 0 radical (unpaired) electrons. The van der Waals surface area contributed by atoms with E-state index in [0.717, 1.165) is 11.1 Å². The summed E-state index contributed by atoms with van der Waals surface area (Å²) < 4.78 is 27.0. The largest absolute Gasteiger partial charge is 0.390 e. The van der Waals surface area contributed by atoms with E-state index < -0.39 is 15.9 Å². The number of carbonyl (C=O) groups is 2. The highest BCUT2D eigenvalue weighted by molar-refractivity contribution is 7.90. The van der Waals surface area contributed by atoms with Crippen molar-refractivity contribution in [2.75, 3.05) is 6.54 Å². The molecule has 1 heterocycles. The second kappa shape index (κ2) is 10.7. The standard InChI is InChI=1S/C23H23N3O5S/c27-16-20-9-8-19(15-25-20)23(29)26-32(30,31)21-10-6-17(7-11-21)12-13-24-22(28)14-18-4-2-1-3-5-18/h1-11,15,27H,12-14,16H2,(H,24,28)(H,26,29). The highest BCUT2D eigenvalue weighted by Gasteiger charge is 2.19. The third-order valence-corrected chi connectivity index (χ3v) is 6.00. The molecule has 3 N–H and O–H groups in total. The first kappa shape index (κ1) is 23.1. The molecule has 32 heavy (non-hydrogen) atoms. The number of hydrogen-bond acceptors (Lipinski definition) is 6. The van der Waals surface area contributed by atoms with Crippen LogP contribution in [0.3, 0.4) is 0 Å². The lowest BCUT2D eigenvalue weighted by molar-refractivity contribution is -0.120. The smallest absolute Gasteiger partial charge is 0.266 e. The molecule has 2 aromatic carbocycles. The lowest BCUT2D eigenvalue weighted by Crippen LogP contribution is -2.30. The van der Waals surface area contributed by atoms with Crippen molar-refractivity contribution in [2.24, 2.45) is 0 Å². The first-order chi connectivity index (χ1) is 15.4. The maximum atomic E-state index is 12.5. The number of amides is 2. The van der Waals surface area contributed by atoms with Gasteiger partial charge in [-0.25, -0.2) is 13.1 Å². The molecule has 0 spiro atoms. The number of rotatable bonds is 9. The number of nitrogens with zero attached hydrogens (tertiary/aromatic N) is 1. The van der Waals surface area contributed by atoms with Crippen LogP contribution in [0.5, 0.6) is 0 Å². The fourth-order valence-corrected chi connectivity index (χ4v) is 3.89. The molecule has 9 heteroatoms. The van der Waals surface area contributed by atoms with Crippen LogP contribution in [0.25, 0.3) is 0 Å². The van der Waals surface area contributed by atoms with Crippen LogP contribution >= 0.6 is 0 Å². The molecule has 1 aromatic heterocycles. The van der Waals surface area contributed by atoms with Gasteiger partial charge in [-0.3, -0.25) is 14.6 Å². The molecule has 0 aliphatic carbocycles. The van der Waals surface area contributed by atoms with Crippen LogP contribution in [0.2, 0.25) is 0 Å². The van der Waals surface area contributed by atoms with Crippen LogP contribution in [0.1, 0.15) is 27.2 Å². The molecule has 0 unspecified atom stereocenters. The zero-order valence-corrected chi connectivity index (χ0v) is 18.0. The zero-order chi connectivity index (χ0) is 23.0. The van der Waals surface area contributed by atoms with E-state index in [1.165, 1.54) is 30.5 Å². The summed E-state index contributed by atoms with van der Waals surface area (Å²) in [5.41, 5.74) is 2.21. The van der Waals surface area contributed by atoms with E-state index >= 15 is 0 Å². The maximum absolute atomic E-state index is 12.5. The van der Waals surface area contributed by atoms with Crippen molar-refractivity contribution in [1.82, 2.24) is 15.0 Å². The van der Waals surface area contributed by atoms with Gasteiger partial charge in [0.15, 0.2) is 0 Å². The van der Waals surface area contributed by atoms with Gasteiger partial charge in [-0.2, -0.15) is 0 Å². The Bertz CT molecular complexity index is 1160. The molecule has 0 aliphatic rings. The Morgan fingerprint density at radius 2 is 1.62 bits per heavy atom. The maximum Gasteiger partial charge on any atom is 0.266 e. The van der Waals surface area contributed by atoms with Gasteiger partial charge < -0.3 is 10.4 Å². The average Bonchev–Trinajstić information content (AvgIpc) is 2.80. The zero-order valence-electron chi connectivity index (χ0n) is 17.2. The van der Waals surface area contributed by atoms with E-state index in [1.807, 2.05) is 35.1 Å². The molecule has 0 saturated carbocycles. The second-order valence-corrected chi connectivity index (χ2v) is 8.72. The predicted octanol–water partition coefficient (Wildman–Crippen LogP) is 1.59. The molecule has 3 rings (SSSR count). The molecular weight excluding hydrogens is 430 g/mol. The van der Waals surface area contributed by atoms with Crippen LogP contribution in [0.4, 0.5) is 0 Å². The Balaban J connectivity index is 1.52. The van der Waals surface area contributed by atoms with E-state index in [9.17, 15) is 18.0 Å². The summed E-state index contributed by atoms with van der Waals surface area (Å²) in [5.74, 6) is -0.896.